The molecule has 0 fully saturated rings. The maximum Gasteiger partial charge on any atom is 0.138 e. The van der Waals surface area contributed by atoms with Crippen LogP contribution in [0, 0.1) is 0 Å². The molecule has 1 aromatic carbocycles. The second-order valence-electron chi connectivity index (χ2n) is 5.30. The molecular formula is C16H24N4O. The summed E-state index contributed by atoms with van der Waals surface area (Å²) in [5, 5.41) is 7.74. The van der Waals surface area contributed by atoms with Crippen molar-refractivity contribution in [3.63, 3.8) is 0 Å². The van der Waals surface area contributed by atoms with E-state index in [1.165, 1.54) is 0 Å². The zero-order chi connectivity index (χ0) is 15.1. The van der Waals surface area contributed by atoms with Gasteiger partial charge in [-0.1, -0.05) is 25.1 Å². The number of likely N-dealkylation sites (N-methyl/N-ethyl adjacent to an activating group) is 1. The molecule has 1 unspecified atom stereocenters. The molecule has 1 N–H and O–H groups in total. The average Bonchev–Trinajstić information content (AvgIpc) is 2.94. The van der Waals surface area contributed by atoms with Gasteiger partial charge in [-0.3, -0.25) is 0 Å². The molecule has 114 valence electrons. The van der Waals surface area contributed by atoms with Gasteiger partial charge < -0.3 is 10.1 Å². The van der Waals surface area contributed by atoms with Crippen LogP contribution in [-0.4, -0.2) is 34.0 Å². The van der Waals surface area contributed by atoms with Crippen LogP contribution in [0.1, 0.15) is 32.6 Å². The van der Waals surface area contributed by atoms with Crippen molar-refractivity contribution in [1.82, 2.24) is 20.1 Å². The summed E-state index contributed by atoms with van der Waals surface area (Å²) in [5.74, 6) is 1.89. The predicted octanol–water partition coefficient (Wildman–Crippen LogP) is 2.46. The van der Waals surface area contributed by atoms with Crippen molar-refractivity contribution >= 4 is 0 Å². The van der Waals surface area contributed by atoms with Crippen LogP contribution < -0.4 is 10.1 Å². The van der Waals surface area contributed by atoms with Gasteiger partial charge in [-0.2, -0.15) is 5.10 Å². The lowest BCUT2D eigenvalue weighted by atomic mass is 10.2. The maximum absolute atomic E-state index is 5.85. The first-order valence-corrected chi connectivity index (χ1v) is 7.50. The normalized spacial score (nSPS) is 12.6. The molecule has 0 amide bonds. The van der Waals surface area contributed by atoms with Gasteiger partial charge in [0.25, 0.3) is 0 Å². The van der Waals surface area contributed by atoms with Gasteiger partial charge in [-0.15, -0.1) is 0 Å². The quantitative estimate of drug-likeness (QED) is 0.810. The highest BCUT2D eigenvalue weighted by atomic mass is 16.5. The van der Waals surface area contributed by atoms with E-state index < -0.39 is 0 Å². The van der Waals surface area contributed by atoms with E-state index in [0.29, 0.717) is 12.6 Å². The molecule has 5 heteroatoms. The Morgan fingerprint density at radius 2 is 2.00 bits per heavy atom. The predicted molar refractivity (Wildman–Crippen MR) is 83.5 cm³/mol. The minimum absolute atomic E-state index is 0.219. The molecule has 0 saturated carbocycles. The highest BCUT2D eigenvalue weighted by Gasteiger charge is 2.15. The first kappa shape index (κ1) is 15.5. The third kappa shape index (κ3) is 4.56. The van der Waals surface area contributed by atoms with Crippen molar-refractivity contribution in [2.45, 2.75) is 39.3 Å². The molecule has 0 aliphatic rings. The summed E-state index contributed by atoms with van der Waals surface area (Å²) in [6.07, 6.45) is 2.43. The van der Waals surface area contributed by atoms with Crippen molar-refractivity contribution in [3.05, 3.63) is 42.5 Å². The molecular weight excluding hydrogens is 264 g/mol. The number of hydrogen-bond acceptors (Lipinski definition) is 4. The first-order valence-electron chi connectivity index (χ1n) is 7.50. The van der Waals surface area contributed by atoms with E-state index in [0.717, 1.165) is 24.5 Å². The van der Waals surface area contributed by atoms with Gasteiger partial charge in [-0.25, -0.2) is 9.67 Å². The standard InChI is InChI=1S/C16H24N4O/c1-4-17-14(11-21-15-8-6-5-7-9-15)10-16-18-12-19-20(16)13(2)3/h5-9,12-14,17H,4,10-11H2,1-3H3. The molecule has 2 aromatic rings. The lowest BCUT2D eigenvalue weighted by Crippen LogP contribution is -2.37. The highest BCUT2D eigenvalue weighted by Crippen LogP contribution is 2.11. The fourth-order valence-corrected chi connectivity index (χ4v) is 2.26. The molecule has 0 bridgehead atoms. The molecule has 21 heavy (non-hydrogen) atoms. The van der Waals surface area contributed by atoms with E-state index in [2.05, 4.69) is 36.2 Å². The number of aromatic nitrogens is 3. The minimum atomic E-state index is 0.219. The third-order valence-corrected chi connectivity index (χ3v) is 3.25. The Bertz CT molecular complexity index is 524. The number of rotatable bonds is 8. The Hall–Kier alpha value is -1.88. The van der Waals surface area contributed by atoms with Crippen molar-refractivity contribution in [3.8, 4) is 5.75 Å². The van der Waals surface area contributed by atoms with E-state index in [-0.39, 0.29) is 6.04 Å². The van der Waals surface area contributed by atoms with E-state index in [4.69, 9.17) is 4.74 Å². The third-order valence-electron chi connectivity index (χ3n) is 3.25. The van der Waals surface area contributed by atoms with E-state index in [9.17, 15) is 0 Å². The van der Waals surface area contributed by atoms with Crippen molar-refractivity contribution in [1.29, 1.82) is 0 Å². The van der Waals surface area contributed by atoms with Gasteiger partial charge in [0.1, 0.15) is 24.5 Å². The largest absolute Gasteiger partial charge is 0.492 e. The molecule has 2 rings (SSSR count). The van der Waals surface area contributed by atoms with Crippen LogP contribution in [-0.2, 0) is 6.42 Å². The first-order chi connectivity index (χ1) is 10.2. The van der Waals surface area contributed by atoms with Crippen LogP contribution in [0.25, 0.3) is 0 Å². The summed E-state index contributed by atoms with van der Waals surface area (Å²) in [7, 11) is 0. The summed E-state index contributed by atoms with van der Waals surface area (Å²) in [4.78, 5) is 4.37. The second kappa shape index (κ2) is 7.78. The van der Waals surface area contributed by atoms with Gasteiger partial charge in [0.15, 0.2) is 0 Å². The molecule has 1 atom stereocenters. The number of ether oxygens (including phenoxy) is 1. The molecule has 5 nitrogen and oxygen atoms in total. The molecule has 0 saturated heterocycles. The molecule has 1 heterocycles. The van der Waals surface area contributed by atoms with Crippen LogP contribution in [0.2, 0.25) is 0 Å². The number of hydrogen-bond donors (Lipinski definition) is 1. The van der Waals surface area contributed by atoms with Crippen LogP contribution in [0.5, 0.6) is 5.75 Å². The molecule has 0 radical (unpaired) electrons. The SMILES string of the molecule is CCNC(COc1ccccc1)Cc1ncnn1C(C)C. The van der Waals surface area contributed by atoms with E-state index in [1.54, 1.807) is 6.33 Å². The molecule has 0 aliphatic carbocycles. The summed E-state index contributed by atoms with van der Waals surface area (Å²) in [5.41, 5.74) is 0. The van der Waals surface area contributed by atoms with Crippen molar-refractivity contribution in [2.75, 3.05) is 13.2 Å². The number of para-hydroxylation sites is 1. The highest BCUT2D eigenvalue weighted by molar-refractivity contribution is 5.21. The Labute approximate surface area is 126 Å². The van der Waals surface area contributed by atoms with Crippen LogP contribution in [0.15, 0.2) is 36.7 Å². The average molecular weight is 288 g/mol. The Morgan fingerprint density at radius 1 is 1.24 bits per heavy atom. The topological polar surface area (TPSA) is 52.0 Å². The molecule has 0 aliphatic heterocycles. The summed E-state index contributed by atoms with van der Waals surface area (Å²) >= 11 is 0. The van der Waals surface area contributed by atoms with Crippen LogP contribution >= 0.6 is 0 Å². The lowest BCUT2D eigenvalue weighted by Gasteiger charge is -2.19. The van der Waals surface area contributed by atoms with Gasteiger partial charge >= 0.3 is 0 Å². The van der Waals surface area contributed by atoms with Crippen molar-refractivity contribution < 1.29 is 4.74 Å². The summed E-state index contributed by atoms with van der Waals surface area (Å²) in [6, 6.07) is 10.4. The van der Waals surface area contributed by atoms with Crippen LogP contribution in [0.3, 0.4) is 0 Å². The molecule has 0 spiro atoms. The van der Waals surface area contributed by atoms with Gasteiger partial charge in [0, 0.05) is 18.5 Å². The smallest absolute Gasteiger partial charge is 0.138 e. The van der Waals surface area contributed by atoms with Crippen molar-refractivity contribution in [2.24, 2.45) is 0 Å². The minimum Gasteiger partial charge on any atom is -0.492 e. The second-order valence-corrected chi connectivity index (χ2v) is 5.30. The fourth-order valence-electron chi connectivity index (χ4n) is 2.26. The monoisotopic (exact) mass is 288 g/mol. The van der Waals surface area contributed by atoms with Gasteiger partial charge in [0.05, 0.1) is 0 Å². The molecule has 1 aromatic heterocycles. The van der Waals surface area contributed by atoms with Gasteiger partial charge in [-0.05, 0) is 32.5 Å². The van der Waals surface area contributed by atoms with E-state index in [1.807, 2.05) is 35.0 Å². The lowest BCUT2D eigenvalue weighted by molar-refractivity contribution is 0.261. The Kier molecular flexibility index (Phi) is 5.75. The Balaban J connectivity index is 1.97. The number of nitrogens with one attached hydrogen (secondary N) is 1. The van der Waals surface area contributed by atoms with Gasteiger partial charge in [0.2, 0.25) is 0 Å². The van der Waals surface area contributed by atoms with Crippen LogP contribution in [0.4, 0.5) is 0 Å². The van der Waals surface area contributed by atoms with E-state index >= 15 is 0 Å². The number of nitrogens with zero attached hydrogens (tertiary/aromatic N) is 3. The zero-order valence-electron chi connectivity index (χ0n) is 13.0. The number of benzene rings is 1. The maximum atomic E-state index is 5.85. The Morgan fingerprint density at radius 3 is 2.67 bits per heavy atom. The summed E-state index contributed by atoms with van der Waals surface area (Å²) < 4.78 is 7.82. The fraction of sp³-hybridized carbons (Fsp3) is 0.500. The zero-order valence-corrected chi connectivity index (χ0v) is 13.0. The summed E-state index contributed by atoms with van der Waals surface area (Å²) in [6.45, 7) is 7.84.